The molecule has 0 unspecified atom stereocenters. The molecule has 0 radical (unpaired) electrons. The maximum Gasteiger partial charge on any atom is 0.336 e. The fourth-order valence-corrected chi connectivity index (χ4v) is 4.58. The van der Waals surface area contributed by atoms with Crippen LogP contribution >= 0.6 is 0 Å². The molecule has 5 nitrogen and oxygen atoms in total. The number of hydrogen-bond donors (Lipinski definition) is 1. The normalized spacial score (nSPS) is 15.6. The number of aromatic carboxylic acids is 1. The van der Waals surface area contributed by atoms with Gasteiger partial charge >= 0.3 is 5.97 Å². The lowest BCUT2D eigenvalue weighted by Gasteiger charge is -2.24. The molecule has 31 heavy (non-hydrogen) atoms. The Morgan fingerprint density at radius 2 is 1.90 bits per heavy atom. The highest BCUT2D eigenvalue weighted by Gasteiger charge is 2.28. The molecule has 1 aliphatic heterocycles. The van der Waals surface area contributed by atoms with E-state index < -0.39 is 5.97 Å². The van der Waals surface area contributed by atoms with Gasteiger partial charge < -0.3 is 10.0 Å². The van der Waals surface area contributed by atoms with E-state index in [1.165, 1.54) is 28.1 Å². The summed E-state index contributed by atoms with van der Waals surface area (Å²) in [4.78, 5) is 20.3. The number of rotatable bonds is 7. The molecular formula is C26H29N3O2. The highest BCUT2D eigenvalue weighted by atomic mass is 16.4. The Balaban J connectivity index is 1.55. The second-order valence-electron chi connectivity index (χ2n) is 8.27. The van der Waals surface area contributed by atoms with E-state index in [0.717, 1.165) is 25.1 Å². The molecule has 4 rings (SSSR count). The number of anilines is 2. The summed E-state index contributed by atoms with van der Waals surface area (Å²) in [6.07, 6.45) is 4.78. The van der Waals surface area contributed by atoms with Gasteiger partial charge in [0.2, 0.25) is 0 Å². The summed E-state index contributed by atoms with van der Waals surface area (Å²) in [5.74, 6) is -0.891. The molecule has 0 bridgehead atoms. The fraction of sp³-hybridized carbons (Fsp3) is 0.308. The SMILES string of the molecule is CCN(c1ccc(C)cc1)c1ccc2c(c1)CN(C)[C@@H]2CCc1cnccc1C(=O)O. The van der Waals surface area contributed by atoms with E-state index in [0.29, 0.717) is 12.0 Å². The van der Waals surface area contributed by atoms with E-state index in [1.54, 1.807) is 18.5 Å². The molecule has 0 spiro atoms. The lowest BCUT2D eigenvalue weighted by atomic mass is 9.96. The molecule has 5 heteroatoms. The van der Waals surface area contributed by atoms with Crippen molar-refractivity contribution >= 4 is 17.3 Å². The number of carboxylic acids is 1. The van der Waals surface area contributed by atoms with Gasteiger partial charge in [0.05, 0.1) is 5.56 Å². The zero-order chi connectivity index (χ0) is 22.0. The number of aromatic nitrogens is 1. The lowest BCUT2D eigenvalue weighted by Crippen LogP contribution is -2.17. The topological polar surface area (TPSA) is 56.7 Å². The quantitative estimate of drug-likeness (QED) is 0.562. The van der Waals surface area contributed by atoms with Gasteiger partial charge in [0, 0.05) is 42.9 Å². The average Bonchev–Trinajstić information content (AvgIpc) is 3.08. The Morgan fingerprint density at radius 3 is 2.61 bits per heavy atom. The van der Waals surface area contributed by atoms with Gasteiger partial charge in [-0.3, -0.25) is 9.88 Å². The molecule has 0 saturated carbocycles. The van der Waals surface area contributed by atoms with Crippen LogP contribution in [0.1, 0.15) is 52.0 Å². The molecule has 0 aliphatic carbocycles. The Morgan fingerprint density at radius 1 is 1.16 bits per heavy atom. The number of hydrogen-bond acceptors (Lipinski definition) is 4. The minimum Gasteiger partial charge on any atom is -0.478 e. The third-order valence-electron chi connectivity index (χ3n) is 6.23. The van der Waals surface area contributed by atoms with Gasteiger partial charge in [-0.1, -0.05) is 23.8 Å². The summed E-state index contributed by atoms with van der Waals surface area (Å²) in [6, 6.07) is 17.3. The van der Waals surface area contributed by atoms with E-state index in [9.17, 15) is 9.90 Å². The Bertz CT molecular complexity index is 1080. The summed E-state index contributed by atoms with van der Waals surface area (Å²) in [7, 11) is 2.14. The van der Waals surface area contributed by atoms with Crippen LogP contribution in [0.2, 0.25) is 0 Å². The van der Waals surface area contributed by atoms with Gasteiger partial charge in [0.1, 0.15) is 0 Å². The van der Waals surface area contributed by atoms with Crippen molar-refractivity contribution in [2.45, 2.75) is 39.3 Å². The van der Waals surface area contributed by atoms with Crippen LogP contribution in [0, 0.1) is 6.92 Å². The Labute approximate surface area is 184 Å². The highest BCUT2D eigenvalue weighted by molar-refractivity contribution is 5.89. The van der Waals surface area contributed by atoms with Gasteiger partial charge in [-0.2, -0.15) is 0 Å². The largest absolute Gasteiger partial charge is 0.478 e. The molecular weight excluding hydrogens is 386 g/mol. The molecule has 0 fully saturated rings. The molecule has 1 aliphatic rings. The number of benzene rings is 2. The minimum atomic E-state index is -0.891. The van der Waals surface area contributed by atoms with E-state index in [2.05, 4.69) is 78.1 Å². The van der Waals surface area contributed by atoms with Crippen LogP contribution in [0.25, 0.3) is 0 Å². The smallest absolute Gasteiger partial charge is 0.336 e. The van der Waals surface area contributed by atoms with Crippen molar-refractivity contribution in [3.63, 3.8) is 0 Å². The van der Waals surface area contributed by atoms with E-state index in [1.807, 2.05) is 0 Å². The van der Waals surface area contributed by atoms with E-state index in [-0.39, 0.29) is 6.04 Å². The van der Waals surface area contributed by atoms with Crippen molar-refractivity contribution in [3.05, 3.63) is 88.7 Å². The number of aryl methyl sites for hydroxylation is 2. The zero-order valence-electron chi connectivity index (χ0n) is 18.4. The van der Waals surface area contributed by atoms with Crippen LogP contribution in [0.15, 0.2) is 60.9 Å². The average molecular weight is 416 g/mol. The molecule has 1 N–H and O–H groups in total. The fourth-order valence-electron chi connectivity index (χ4n) is 4.58. The molecule has 160 valence electrons. The summed E-state index contributed by atoms with van der Waals surface area (Å²) in [5, 5.41) is 9.44. The van der Waals surface area contributed by atoms with Crippen LogP contribution in [0.3, 0.4) is 0 Å². The molecule has 0 saturated heterocycles. The van der Waals surface area contributed by atoms with Gasteiger partial charge in [0.15, 0.2) is 0 Å². The predicted octanol–water partition coefficient (Wildman–Crippen LogP) is 5.37. The minimum absolute atomic E-state index is 0.278. The molecule has 1 atom stereocenters. The third kappa shape index (κ3) is 4.32. The second kappa shape index (κ2) is 8.90. The molecule has 2 heterocycles. The molecule has 2 aromatic carbocycles. The molecule has 3 aromatic rings. The highest BCUT2D eigenvalue weighted by Crippen LogP contribution is 2.38. The van der Waals surface area contributed by atoms with Gasteiger partial charge in [-0.15, -0.1) is 0 Å². The number of pyridine rings is 1. The van der Waals surface area contributed by atoms with Crippen molar-refractivity contribution in [2.24, 2.45) is 0 Å². The summed E-state index contributed by atoms with van der Waals surface area (Å²) in [5.41, 5.74) is 7.51. The Kier molecular flexibility index (Phi) is 6.05. The van der Waals surface area contributed by atoms with Gasteiger partial charge in [-0.25, -0.2) is 4.79 Å². The van der Waals surface area contributed by atoms with Crippen LogP contribution in [0.5, 0.6) is 0 Å². The predicted molar refractivity (Wildman–Crippen MR) is 124 cm³/mol. The van der Waals surface area contributed by atoms with Crippen LogP contribution in [-0.2, 0) is 13.0 Å². The number of nitrogens with zero attached hydrogens (tertiary/aromatic N) is 3. The monoisotopic (exact) mass is 415 g/mol. The lowest BCUT2D eigenvalue weighted by molar-refractivity contribution is 0.0695. The zero-order valence-corrected chi connectivity index (χ0v) is 18.4. The van der Waals surface area contributed by atoms with Crippen molar-refractivity contribution in [1.29, 1.82) is 0 Å². The molecule has 1 aromatic heterocycles. The maximum atomic E-state index is 11.5. The van der Waals surface area contributed by atoms with Gasteiger partial charge in [0.25, 0.3) is 0 Å². The number of carboxylic acid groups (broad SMARTS) is 1. The first-order chi connectivity index (χ1) is 15.0. The van der Waals surface area contributed by atoms with Crippen molar-refractivity contribution in [2.75, 3.05) is 18.5 Å². The van der Waals surface area contributed by atoms with Crippen molar-refractivity contribution < 1.29 is 9.90 Å². The first-order valence-electron chi connectivity index (χ1n) is 10.8. The number of fused-ring (bicyclic) bond motifs is 1. The van der Waals surface area contributed by atoms with E-state index >= 15 is 0 Å². The standard InChI is InChI=1S/C26H29N3O2/c1-4-29(21-8-5-18(2)6-9-21)22-10-11-23-20(15-22)17-28(3)25(23)12-7-19-16-27-14-13-24(19)26(30)31/h5-6,8-11,13-16,25H,4,7,12,17H2,1-3H3,(H,30,31)/t25-/m1/s1. The van der Waals surface area contributed by atoms with Crippen molar-refractivity contribution in [1.82, 2.24) is 9.88 Å². The summed E-state index contributed by atoms with van der Waals surface area (Å²) in [6.45, 7) is 6.09. The van der Waals surface area contributed by atoms with Crippen LogP contribution < -0.4 is 4.90 Å². The summed E-state index contributed by atoms with van der Waals surface area (Å²) >= 11 is 0. The van der Waals surface area contributed by atoms with Crippen LogP contribution in [-0.4, -0.2) is 34.6 Å². The van der Waals surface area contributed by atoms with Crippen LogP contribution in [0.4, 0.5) is 11.4 Å². The molecule has 0 amide bonds. The Hall–Kier alpha value is -3.18. The second-order valence-corrected chi connectivity index (χ2v) is 8.27. The first kappa shape index (κ1) is 21.1. The number of carbonyl (C=O) groups is 1. The van der Waals surface area contributed by atoms with Crippen molar-refractivity contribution in [3.8, 4) is 0 Å². The van der Waals surface area contributed by atoms with E-state index in [4.69, 9.17) is 0 Å². The summed E-state index contributed by atoms with van der Waals surface area (Å²) < 4.78 is 0. The maximum absolute atomic E-state index is 11.5. The first-order valence-corrected chi connectivity index (χ1v) is 10.8. The van der Waals surface area contributed by atoms with Gasteiger partial charge in [-0.05, 0) is 80.8 Å². The third-order valence-corrected chi connectivity index (χ3v) is 6.23.